The number of aromatic nitrogens is 2. The van der Waals surface area contributed by atoms with Crippen molar-refractivity contribution in [2.24, 2.45) is 0 Å². The van der Waals surface area contributed by atoms with Crippen molar-refractivity contribution in [2.75, 3.05) is 13.7 Å². The van der Waals surface area contributed by atoms with Crippen LogP contribution in [0.5, 0.6) is 5.75 Å². The Morgan fingerprint density at radius 2 is 1.92 bits per heavy atom. The normalized spacial score (nSPS) is 10.6. The molecular formula is C18H16N2O4. The molecule has 6 nitrogen and oxygen atoms in total. The first kappa shape index (κ1) is 15.7. The first-order valence-electron chi connectivity index (χ1n) is 7.49. The van der Waals surface area contributed by atoms with Crippen molar-refractivity contribution >= 4 is 17.0 Å². The molecule has 0 bridgehead atoms. The number of hydrogen-bond acceptors (Lipinski definition) is 5. The van der Waals surface area contributed by atoms with Gasteiger partial charge in [-0.25, -0.2) is 9.78 Å². The van der Waals surface area contributed by atoms with Crippen LogP contribution in [0, 0.1) is 0 Å². The van der Waals surface area contributed by atoms with Crippen LogP contribution in [0.1, 0.15) is 17.4 Å². The predicted octanol–water partition coefficient (Wildman–Crippen LogP) is 2.57. The van der Waals surface area contributed by atoms with Gasteiger partial charge in [0, 0.05) is 11.8 Å². The summed E-state index contributed by atoms with van der Waals surface area (Å²) in [6.07, 6.45) is 0. The molecule has 6 heteroatoms. The number of hydrogen-bond donors (Lipinski definition) is 0. The predicted molar refractivity (Wildman–Crippen MR) is 89.8 cm³/mol. The Kier molecular flexibility index (Phi) is 4.29. The smallest absolute Gasteiger partial charge is 0.362 e. The number of benzene rings is 2. The molecule has 0 N–H and O–H groups in total. The van der Waals surface area contributed by atoms with Gasteiger partial charge in [0.2, 0.25) is 5.69 Å². The second kappa shape index (κ2) is 6.54. The molecule has 0 saturated carbocycles. The summed E-state index contributed by atoms with van der Waals surface area (Å²) in [6, 6.07) is 14.2. The number of rotatable bonds is 4. The van der Waals surface area contributed by atoms with Crippen molar-refractivity contribution in [1.29, 1.82) is 0 Å². The average molecular weight is 324 g/mol. The van der Waals surface area contributed by atoms with Crippen molar-refractivity contribution in [3.63, 3.8) is 0 Å². The Morgan fingerprint density at radius 3 is 2.58 bits per heavy atom. The van der Waals surface area contributed by atoms with Crippen LogP contribution in [0.2, 0.25) is 0 Å². The molecule has 122 valence electrons. The molecule has 0 aliphatic heterocycles. The van der Waals surface area contributed by atoms with Crippen molar-refractivity contribution in [3.8, 4) is 11.4 Å². The molecule has 1 heterocycles. The number of esters is 1. The lowest BCUT2D eigenvalue weighted by Crippen LogP contribution is -2.28. The fourth-order valence-corrected chi connectivity index (χ4v) is 2.46. The molecule has 0 amide bonds. The van der Waals surface area contributed by atoms with Gasteiger partial charge in [0.1, 0.15) is 5.75 Å². The third-order valence-electron chi connectivity index (χ3n) is 3.54. The lowest BCUT2D eigenvalue weighted by molar-refractivity contribution is 0.0517. The molecule has 0 spiro atoms. The molecule has 0 fully saturated rings. The molecule has 0 aliphatic carbocycles. The van der Waals surface area contributed by atoms with Gasteiger partial charge in [-0.1, -0.05) is 18.2 Å². The summed E-state index contributed by atoms with van der Waals surface area (Å²) in [5.41, 5.74) is 0.935. The third kappa shape index (κ3) is 2.74. The topological polar surface area (TPSA) is 70.4 Å². The highest BCUT2D eigenvalue weighted by Gasteiger charge is 2.19. The summed E-state index contributed by atoms with van der Waals surface area (Å²) in [5, 5.41) is 0. The number of carbonyl (C=O) groups is 1. The van der Waals surface area contributed by atoms with Crippen LogP contribution in [0.4, 0.5) is 0 Å². The van der Waals surface area contributed by atoms with E-state index in [1.165, 1.54) is 4.57 Å². The molecule has 0 saturated heterocycles. The van der Waals surface area contributed by atoms with Crippen LogP contribution in [0.25, 0.3) is 16.7 Å². The lowest BCUT2D eigenvalue weighted by Gasteiger charge is -2.12. The van der Waals surface area contributed by atoms with Gasteiger partial charge in [0.25, 0.3) is 5.56 Å². The van der Waals surface area contributed by atoms with Gasteiger partial charge in [0.15, 0.2) is 0 Å². The van der Waals surface area contributed by atoms with E-state index in [0.717, 1.165) is 0 Å². The molecule has 0 radical (unpaired) electrons. The summed E-state index contributed by atoms with van der Waals surface area (Å²) in [5.74, 6) is -0.153. The van der Waals surface area contributed by atoms with E-state index >= 15 is 0 Å². The Balaban J connectivity index is 2.36. The second-order valence-electron chi connectivity index (χ2n) is 5.01. The maximum atomic E-state index is 12.8. The Labute approximate surface area is 138 Å². The number of fused-ring (bicyclic) bond motifs is 1. The molecular weight excluding hydrogens is 308 g/mol. The Hall–Kier alpha value is -3.15. The number of carbonyl (C=O) groups excluding carboxylic acids is 1. The quantitative estimate of drug-likeness (QED) is 0.690. The van der Waals surface area contributed by atoms with E-state index in [1.807, 2.05) is 18.2 Å². The van der Waals surface area contributed by atoms with Crippen LogP contribution in [0.3, 0.4) is 0 Å². The highest BCUT2D eigenvalue weighted by Crippen LogP contribution is 2.21. The average Bonchev–Trinajstić information content (AvgIpc) is 2.61. The van der Waals surface area contributed by atoms with Crippen LogP contribution >= 0.6 is 0 Å². The third-order valence-corrected chi connectivity index (χ3v) is 3.54. The molecule has 0 unspecified atom stereocenters. The van der Waals surface area contributed by atoms with Crippen LogP contribution in [-0.2, 0) is 4.74 Å². The highest BCUT2D eigenvalue weighted by molar-refractivity contribution is 5.90. The maximum absolute atomic E-state index is 12.8. The SMILES string of the molecule is CCOC(=O)c1nc2cc(OC)ccc2n(-c2ccccc2)c1=O. The Bertz CT molecular complexity index is 948. The minimum absolute atomic E-state index is 0.168. The van der Waals surface area contributed by atoms with E-state index in [9.17, 15) is 9.59 Å². The fraction of sp³-hybridized carbons (Fsp3) is 0.167. The largest absolute Gasteiger partial charge is 0.497 e. The van der Waals surface area contributed by atoms with E-state index in [4.69, 9.17) is 9.47 Å². The monoisotopic (exact) mass is 324 g/mol. The summed E-state index contributed by atoms with van der Waals surface area (Å²) in [6.45, 7) is 1.85. The zero-order chi connectivity index (χ0) is 17.1. The van der Waals surface area contributed by atoms with Crippen molar-refractivity contribution in [2.45, 2.75) is 6.92 Å². The number of ether oxygens (including phenoxy) is 2. The molecule has 3 aromatic rings. The van der Waals surface area contributed by atoms with E-state index in [1.54, 1.807) is 44.4 Å². The maximum Gasteiger partial charge on any atom is 0.362 e. The van der Waals surface area contributed by atoms with Crippen LogP contribution in [-0.4, -0.2) is 29.2 Å². The van der Waals surface area contributed by atoms with E-state index in [2.05, 4.69) is 4.98 Å². The van der Waals surface area contributed by atoms with Gasteiger partial charge >= 0.3 is 5.97 Å². The standard InChI is InChI=1S/C18H16N2O4/c1-3-24-18(22)16-17(21)20(12-7-5-4-6-8-12)15-10-9-13(23-2)11-14(15)19-16/h4-11H,3H2,1-2H3. The molecule has 0 aliphatic rings. The Morgan fingerprint density at radius 1 is 1.17 bits per heavy atom. The first-order chi connectivity index (χ1) is 11.7. The zero-order valence-corrected chi connectivity index (χ0v) is 13.4. The van der Waals surface area contributed by atoms with Crippen LogP contribution < -0.4 is 10.3 Å². The van der Waals surface area contributed by atoms with Gasteiger partial charge in [-0.05, 0) is 31.2 Å². The van der Waals surface area contributed by atoms with Crippen LogP contribution in [0.15, 0.2) is 53.3 Å². The minimum Gasteiger partial charge on any atom is -0.497 e. The van der Waals surface area contributed by atoms with E-state index < -0.39 is 11.5 Å². The summed E-state index contributed by atoms with van der Waals surface area (Å²) >= 11 is 0. The van der Waals surface area contributed by atoms with Crippen molar-refractivity contribution in [3.05, 3.63) is 64.6 Å². The van der Waals surface area contributed by atoms with Gasteiger partial charge < -0.3 is 9.47 Å². The molecule has 3 rings (SSSR count). The molecule has 24 heavy (non-hydrogen) atoms. The number of para-hydroxylation sites is 1. The first-order valence-corrected chi connectivity index (χ1v) is 7.49. The van der Waals surface area contributed by atoms with Crippen molar-refractivity contribution in [1.82, 2.24) is 9.55 Å². The van der Waals surface area contributed by atoms with Crippen molar-refractivity contribution < 1.29 is 14.3 Å². The number of methoxy groups -OCH3 is 1. The van der Waals surface area contributed by atoms with E-state index in [0.29, 0.717) is 22.5 Å². The second-order valence-corrected chi connectivity index (χ2v) is 5.01. The molecule has 1 aromatic heterocycles. The number of nitrogens with zero attached hydrogens (tertiary/aromatic N) is 2. The highest BCUT2D eigenvalue weighted by atomic mass is 16.5. The summed E-state index contributed by atoms with van der Waals surface area (Å²) in [7, 11) is 1.54. The van der Waals surface area contributed by atoms with Gasteiger partial charge in [-0.3, -0.25) is 9.36 Å². The summed E-state index contributed by atoms with van der Waals surface area (Å²) in [4.78, 5) is 29.1. The fourth-order valence-electron chi connectivity index (χ4n) is 2.46. The molecule has 0 atom stereocenters. The van der Waals surface area contributed by atoms with Gasteiger partial charge in [0.05, 0.1) is 24.8 Å². The van der Waals surface area contributed by atoms with Gasteiger partial charge in [-0.2, -0.15) is 0 Å². The minimum atomic E-state index is -0.739. The summed E-state index contributed by atoms with van der Waals surface area (Å²) < 4.78 is 11.6. The van der Waals surface area contributed by atoms with E-state index in [-0.39, 0.29) is 12.3 Å². The molecule has 2 aromatic carbocycles. The zero-order valence-electron chi connectivity index (χ0n) is 13.4. The lowest BCUT2D eigenvalue weighted by atomic mass is 10.2. The van der Waals surface area contributed by atoms with Gasteiger partial charge in [-0.15, -0.1) is 0 Å².